The maximum atomic E-state index is 12.2. The molecule has 3 rings (SSSR count). The maximum absolute atomic E-state index is 12.2. The average Bonchev–Trinajstić information content (AvgIpc) is 3.13. The van der Waals surface area contributed by atoms with Gasteiger partial charge >= 0.3 is 0 Å². The zero-order valence-electron chi connectivity index (χ0n) is 12.6. The number of hydrogen-bond acceptors (Lipinski definition) is 4. The molecule has 0 aromatic rings. The van der Waals surface area contributed by atoms with Crippen molar-refractivity contribution in [1.29, 1.82) is 0 Å². The molecule has 0 aromatic heterocycles. The van der Waals surface area contributed by atoms with Gasteiger partial charge in [-0.1, -0.05) is 12.2 Å². The molecule has 0 spiro atoms. The van der Waals surface area contributed by atoms with E-state index in [1.807, 2.05) is 12.2 Å². The Bertz CT molecular complexity index is 470. The van der Waals surface area contributed by atoms with Crippen LogP contribution in [0.2, 0.25) is 0 Å². The van der Waals surface area contributed by atoms with Gasteiger partial charge in [-0.2, -0.15) is 0 Å². The molecular formula is C16H22N2O4. The summed E-state index contributed by atoms with van der Waals surface area (Å²) in [5, 5.41) is 2.82. The average molecular weight is 306 g/mol. The molecule has 3 aliphatic rings. The van der Waals surface area contributed by atoms with Crippen LogP contribution in [-0.4, -0.2) is 48.4 Å². The summed E-state index contributed by atoms with van der Waals surface area (Å²) in [5.41, 5.74) is 0. The number of carbonyl (C=O) groups excluding carboxylic acids is 3. The minimum atomic E-state index is -0.215. The third kappa shape index (κ3) is 3.06. The van der Waals surface area contributed by atoms with Crippen molar-refractivity contribution in [3.05, 3.63) is 12.2 Å². The van der Waals surface area contributed by atoms with Crippen LogP contribution < -0.4 is 5.32 Å². The highest BCUT2D eigenvalue weighted by molar-refractivity contribution is 6.05. The number of carbonyl (C=O) groups is 3. The van der Waals surface area contributed by atoms with Crippen LogP contribution in [0.4, 0.5) is 0 Å². The number of ether oxygens (including phenoxy) is 1. The summed E-state index contributed by atoms with van der Waals surface area (Å²) in [6.07, 6.45) is 7.47. The van der Waals surface area contributed by atoms with Gasteiger partial charge in [0, 0.05) is 26.1 Å². The van der Waals surface area contributed by atoms with E-state index in [2.05, 4.69) is 5.32 Å². The molecule has 22 heavy (non-hydrogen) atoms. The predicted octanol–water partition coefficient (Wildman–Crippen LogP) is 0.623. The first-order chi connectivity index (χ1) is 10.7. The van der Waals surface area contributed by atoms with E-state index in [4.69, 9.17) is 4.74 Å². The summed E-state index contributed by atoms with van der Waals surface area (Å²) in [4.78, 5) is 37.6. The van der Waals surface area contributed by atoms with E-state index in [-0.39, 0.29) is 48.6 Å². The molecular weight excluding hydrogens is 284 g/mol. The number of imide groups is 1. The van der Waals surface area contributed by atoms with Gasteiger partial charge in [0.25, 0.3) is 0 Å². The van der Waals surface area contributed by atoms with Gasteiger partial charge in [-0.05, 0) is 25.7 Å². The zero-order chi connectivity index (χ0) is 15.5. The largest absolute Gasteiger partial charge is 0.376 e. The third-order valence-electron chi connectivity index (χ3n) is 4.71. The van der Waals surface area contributed by atoms with Crippen LogP contribution in [0.1, 0.15) is 32.1 Å². The van der Waals surface area contributed by atoms with Gasteiger partial charge in [0.1, 0.15) is 0 Å². The Morgan fingerprint density at radius 3 is 2.50 bits per heavy atom. The molecule has 0 aromatic carbocycles. The normalized spacial score (nSPS) is 30.7. The van der Waals surface area contributed by atoms with Crippen molar-refractivity contribution < 1.29 is 19.1 Å². The van der Waals surface area contributed by atoms with E-state index >= 15 is 0 Å². The summed E-state index contributed by atoms with van der Waals surface area (Å²) >= 11 is 0. The molecule has 1 unspecified atom stereocenters. The fourth-order valence-electron chi connectivity index (χ4n) is 3.42. The Hall–Kier alpha value is -1.69. The monoisotopic (exact) mass is 306 g/mol. The molecule has 2 fully saturated rings. The Labute approximate surface area is 129 Å². The SMILES string of the molecule is O=C(CCN1C(=O)[C@H]2CC=CC[C@H]2C1=O)NCC1CCCO1. The Balaban J connectivity index is 1.45. The van der Waals surface area contributed by atoms with E-state index in [0.717, 1.165) is 19.4 Å². The first-order valence-electron chi connectivity index (χ1n) is 8.05. The summed E-state index contributed by atoms with van der Waals surface area (Å²) in [6.45, 7) is 1.45. The van der Waals surface area contributed by atoms with E-state index in [1.165, 1.54) is 4.90 Å². The smallest absolute Gasteiger partial charge is 0.233 e. The Morgan fingerprint density at radius 2 is 1.91 bits per heavy atom. The summed E-state index contributed by atoms with van der Waals surface area (Å²) < 4.78 is 5.44. The van der Waals surface area contributed by atoms with Crippen LogP contribution in [0, 0.1) is 11.8 Å². The van der Waals surface area contributed by atoms with Gasteiger partial charge < -0.3 is 10.1 Å². The number of fused-ring (bicyclic) bond motifs is 1. The van der Waals surface area contributed by atoms with Crippen LogP contribution in [0.3, 0.4) is 0 Å². The minimum Gasteiger partial charge on any atom is -0.376 e. The second-order valence-corrected chi connectivity index (χ2v) is 6.17. The van der Waals surface area contributed by atoms with Crippen LogP contribution >= 0.6 is 0 Å². The van der Waals surface area contributed by atoms with Gasteiger partial charge in [-0.3, -0.25) is 19.3 Å². The molecule has 3 amide bonds. The van der Waals surface area contributed by atoms with Gasteiger partial charge in [-0.25, -0.2) is 0 Å². The lowest BCUT2D eigenvalue weighted by Crippen LogP contribution is -2.37. The Morgan fingerprint density at radius 1 is 1.23 bits per heavy atom. The molecule has 1 aliphatic carbocycles. The number of nitrogens with zero attached hydrogens (tertiary/aromatic N) is 1. The minimum absolute atomic E-state index is 0.105. The molecule has 2 saturated heterocycles. The lowest BCUT2D eigenvalue weighted by atomic mass is 9.85. The van der Waals surface area contributed by atoms with Crippen LogP contribution in [0.5, 0.6) is 0 Å². The molecule has 120 valence electrons. The highest BCUT2D eigenvalue weighted by atomic mass is 16.5. The fraction of sp³-hybridized carbons (Fsp3) is 0.688. The maximum Gasteiger partial charge on any atom is 0.233 e. The third-order valence-corrected chi connectivity index (χ3v) is 4.71. The van der Waals surface area contributed by atoms with Gasteiger partial charge in [0.2, 0.25) is 17.7 Å². The van der Waals surface area contributed by atoms with Crippen molar-refractivity contribution >= 4 is 17.7 Å². The predicted molar refractivity (Wildman–Crippen MR) is 78.7 cm³/mol. The topological polar surface area (TPSA) is 75.7 Å². The highest BCUT2D eigenvalue weighted by Crippen LogP contribution is 2.34. The van der Waals surface area contributed by atoms with Gasteiger partial charge in [0.05, 0.1) is 17.9 Å². The second-order valence-electron chi connectivity index (χ2n) is 6.17. The van der Waals surface area contributed by atoms with E-state index < -0.39 is 0 Å². The fourth-order valence-corrected chi connectivity index (χ4v) is 3.42. The molecule has 0 bridgehead atoms. The van der Waals surface area contributed by atoms with Crippen molar-refractivity contribution in [2.45, 2.75) is 38.2 Å². The molecule has 1 N–H and O–H groups in total. The summed E-state index contributed by atoms with van der Waals surface area (Å²) in [7, 11) is 0. The molecule has 0 radical (unpaired) electrons. The number of amides is 3. The molecule has 3 atom stereocenters. The van der Waals surface area contributed by atoms with Crippen molar-refractivity contribution in [2.75, 3.05) is 19.7 Å². The van der Waals surface area contributed by atoms with Crippen molar-refractivity contribution in [3.63, 3.8) is 0 Å². The highest BCUT2D eigenvalue weighted by Gasteiger charge is 2.46. The van der Waals surface area contributed by atoms with Crippen LogP contribution in [-0.2, 0) is 19.1 Å². The van der Waals surface area contributed by atoms with Crippen molar-refractivity contribution in [3.8, 4) is 0 Å². The lowest BCUT2D eigenvalue weighted by Gasteiger charge is -2.15. The second kappa shape index (κ2) is 6.60. The molecule has 0 saturated carbocycles. The number of likely N-dealkylation sites (tertiary alicyclic amines) is 1. The van der Waals surface area contributed by atoms with Crippen LogP contribution in [0.15, 0.2) is 12.2 Å². The first-order valence-corrected chi connectivity index (χ1v) is 8.05. The molecule has 2 heterocycles. The molecule has 6 heteroatoms. The number of hydrogen-bond donors (Lipinski definition) is 1. The van der Waals surface area contributed by atoms with Crippen molar-refractivity contribution in [2.24, 2.45) is 11.8 Å². The zero-order valence-corrected chi connectivity index (χ0v) is 12.6. The summed E-state index contributed by atoms with van der Waals surface area (Å²) in [5.74, 6) is -0.804. The standard InChI is InChI=1S/C16H22N2O4/c19-14(17-10-11-4-3-9-22-11)7-8-18-15(20)12-5-1-2-6-13(12)16(18)21/h1-2,11-13H,3-10H2,(H,17,19)/t11?,12-,13+. The van der Waals surface area contributed by atoms with E-state index in [0.29, 0.717) is 19.4 Å². The Kier molecular flexibility index (Phi) is 4.57. The molecule has 2 aliphatic heterocycles. The van der Waals surface area contributed by atoms with Gasteiger partial charge in [-0.15, -0.1) is 0 Å². The lowest BCUT2D eigenvalue weighted by molar-refractivity contribution is -0.140. The van der Waals surface area contributed by atoms with Crippen LogP contribution in [0.25, 0.3) is 0 Å². The quantitative estimate of drug-likeness (QED) is 0.597. The molecule has 6 nitrogen and oxygen atoms in total. The number of rotatable bonds is 5. The van der Waals surface area contributed by atoms with E-state index in [1.54, 1.807) is 0 Å². The number of allylic oxidation sites excluding steroid dienone is 2. The number of nitrogens with one attached hydrogen (secondary N) is 1. The van der Waals surface area contributed by atoms with Crippen molar-refractivity contribution in [1.82, 2.24) is 10.2 Å². The van der Waals surface area contributed by atoms with Gasteiger partial charge in [0.15, 0.2) is 0 Å². The first kappa shape index (κ1) is 15.2. The van der Waals surface area contributed by atoms with E-state index in [9.17, 15) is 14.4 Å². The summed E-state index contributed by atoms with van der Waals surface area (Å²) in [6, 6.07) is 0.